The zero-order valence-electron chi connectivity index (χ0n) is 13.7. The van der Waals surface area contributed by atoms with E-state index in [1.807, 2.05) is 12.1 Å². The molecule has 1 heterocycles. The highest BCUT2D eigenvalue weighted by atomic mass is 32.1. The fraction of sp³-hybridized carbons (Fsp3) is 0.278. The van der Waals surface area contributed by atoms with Gasteiger partial charge in [0.15, 0.2) is 0 Å². The maximum atomic E-state index is 12.5. The van der Waals surface area contributed by atoms with E-state index in [-0.39, 0.29) is 11.5 Å². The highest BCUT2D eigenvalue weighted by Gasteiger charge is 2.20. The molecule has 0 bridgehead atoms. The van der Waals surface area contributed by atoms with E-state index in [4.69, 9.17) is 5.11 Å². The second-order valence-electron chi connectivity index (χ2n) is 5.99. The number of carbonyl (C=O) groups is 3. The van der Waals surface area contributed by atoms with E-state index in [0.29, 0.717) is 10.6 Å². The molecular formula is C18H18N2O4S. The summed E-state index contributed by atoms with van der Waals surface area (Å²) in [6, 6.07) is 6.23. The number of anilines is 1. The molecule has 7 heteroatoms. The summed E-state index contributed by atoms with van der Waals surface area (Å²) < 4.78 is 0. The van der Waals surface area contributed by atoms with Crippen molar-refractivity contribution in [2.24, 2.45) is 0 Å². The van der Waals surface area contributed by atoms with Crippen LogP contribution in [0.2, 0.25) is 0 Å². The van der Waals surface area contributed by atoms with Gasteiger partial charge in [0.05, 0.1) is 5.56 Å². The third kappa shape index (κ3) is 3.71. The molecular weight excluding hydrogens is 340 g/mol. The van der Waals surface area contributed by atoms with Crippen LogP contribution in [0.5, 0.6) is 0 Å². The van der Waals surface area contributed by atoms with Crippen molar-refractivity contribution in [2.45, 2.75) is 32.2 Å². The van der Waals surface area contributed by atoms with Crippen LogP contribution in [-0.4, -0.2) is 28.9 Å². The molecule has 1 atom stereocenters. The molecule has 6 nitrogen and oxygen atoms in total. The van der Waals surface area contributed by atoms with E-state index in [1.54, 1.807) is 17.5 Å². The standard InChI is InChI=1S/C18H18N2O4S/c1-10(18(23)24)19-16(22)14-7-8-25-17(14)20-15(21)13-6-5-11-3-2-4-12(11)9-13/h5-10H,2-4H2,1H3,(H,19,22)(H,20,21)(H,23,24)/t10-/m1/s1. The topological polar surface area (TPSA) is 95.5 Å². The molecule has 0 saturated heterocycles. The second kappa shape index (κ2) is 7.06. The predicted octanol–water partition coefficient (Wildman–Crippen LogP) is 2.69. The van der Waals surface area contributed by atoms with Gasteiger partial charge in [0.1, 0.15) is 11.0 Å². The number of carboxylic acid groups (broad SMARTS) is 1. The van der Waals surface area contributed by atoms with Gasteiger partial charge in [0.2, 0.25) is 0 Å². The average Bonchev–Trinajstić information content (AvgIpc) is 3.22. The molecule has 0 spiro atoms. The van der Waals surface area contributed by atoms with E-state index in [0.717, 1.165) is 19.3 Å². The van der Waals surface area contributed by atoms with Crippen LogP contribution < -0.4 is 10.6 Å². The molecule has 2 aromatic rings. The lowest BCUT2D eigenvalue weighted by Crippen LogP contribution is -2.38. The number of nitrogens with one attached hydrogen (secondary N) is 2. The molecule has 1 aromatic heterocycles. The van der Waals surface area contributed by atoms with Gasteiger partial charge in [-0.05, 0) is 60.9 Å². The summed E-state index contributed by atoms with van der Waals surface area (Å²) in [5.74, 6) is -1.93. The molecule has 130 valence electrons. The van der Waals surface area contributed by atoms with Gasteiger partial charge < -0.3 is 15.7 Å². The minimum Gasteiger partial charge on any atom is -0.480 e. The van der Waals surface area contributed by atoms with Gasteiger partial charge in [-0.1, -0.05) is 6.07 Å². The van der Waals surface area contributed by atoms with E-state index < -0.39 is 17.9 Å². The first-order chi connectivity index (χ1) is 12.0. The first-order valence-electron chi connectivity index (χ1n) is 8.00. The van der Waals surface area contributed by atoms with Crippen molar-refractivity contribution in [2.75, 3.05) is 5.32 Å². The number of amides is 2. The van der Waals surface area contributed by atoms with E-state index in [2.05, 4.69) is 10.6 Å². The van der Waals surface area contributed by atoms with Gasteiger partial charge in [-0.25, -0.2) is 0 Å². The summed E-state index contributed by atoms with van der Waals surface area (Å²) in [5, 5.41) is 16.1. The lowest BCUT2D eigenvalue weighted by molar-refractivity contribution is -0.138. The molecule has 25 heavy (non-hydrogen) atoms. The molecule has 0 aliphatic heterocycles. The van der Waals surface area contributed by atoms with Crippen molar-refractivity contribution in [3.63, 3.8) is 0 Å². The van der Waals surface area contributed by atoms with Gasteiger partial charge in [0.25, 0.3) is 11.8 Å². The Morgan fingerprint density at radius 2 is 1.88 bits per heavy atom. The molecule has 1 aliphatic rings. The Labute approximate surface area is 148 Å². The van der Waals surface area contributed by atoms with Crippen LogP contribution in [0.1, 0.15) is 45.2 Å². The normalized spacial score (nSPS) is 13.8. The molecule has 1 aliphatic carbocycles. The first-order valence-corrected chi connectivity index (χ1v) is 8.88. The third-order valence-corrected chi connectivity index (χ3v) is 5.05. The van der Waals surface area contributed by atoms with E-state index in [9.17, 15) is 14.4 Å². The first kappa shape index (κ1) is 17.2. The fourth-order valence-corrected chi connectivity index (χ4v) is 3.59. The highest BCUT2D eigenvalue weighted by Crippen LogP contribution is 2.26. The summed E-state index contributed by atoms with van der Waals surface area (Å²) in [4.78, 5) is 35.5. The summed E-state index contributed by atoms with van der Waals surface area (Å²) in [6.45, 7) is 1.38. The minimum absolute atomic E-state index is 0.257. The summed E-state index contributed by atoms with van der Waals surface area (Å²) >= 11 is 1.22. The lowest BCUT2D eigenvalue weighted by Gasteiger charge is -2.11. The smallest absolute Gasteiger partial charge is 0.325 e. The Balaban J connectivity index is 1.73. The Hall–Kier alpha value is -2.67. The molecule has 2 amide bonds. The van der Waals surface area contributed by atoms with Crippen molar-refractivity contribution in [1.29, 1.82) is 0 Å². The second-order valence-corrected chi connectivity index (χ2v) is 6.90. The maximum absolute atomic E-state index is 12.5. The van der Waals surface area contributed by atoms with E-state index in [1.165, 1.54) is 29.4 Å². The van der Waals surface area contributed by atoms with Crippen LogP contribution in [-0.2, 0) is 17.6 Å². The Kier molecular flexibility index (Phi) is 4.85. The zero-order chi connectivity index (χ0) is 18.0. The van der Waals surface area contributed by atoms with Crippen molar-refractivity contribution in [3.8, 4) is 0 Å². The quantitative estimate of drug-likeness (QED) is 0.766. The average molecular weight is 358 g/mol. The third-order valence-electron chi connectivity index (χ3n) is 4.22. The van der Waals surface area contributed by atoms with Gasteiger partial charge in [-0.3, -0.25) is 14.4 Å². The number of fused-ring (bicyclic) bond motifs is 1. The van der Waals surface area contributed by atoms with Gasteiger partial charge in [0, 0.05) is 5.56 Å². The van der Waals surface area contributed by atoms with Gasteiger partial charge in [-0.15, -0.1) is 11.3 Å². The lowest BCUT2D eigenvalue weighted by atomic mass is 10.1. The Morgan fingerprint density at radius 3 is 2.64 bits per heavy atom. The SMILES string of the molecule is C[C@@H](NC(=O)c1ccsc1NC(=O)c1ccc2c(c1)CCC2)C(=O)O. The predicted molar refractivity (Wildman–Crippen MR) is 95.3 cm³/mol. The van der Waals surface area contributed by atoms with Crippen LogP contribution in [0.4, 0.5) is 5.00 Å². The number of hydrogen-bond acceptors (Lipinski definition) is 4. The number of carbonyl (C=O) groups excluding carboxylic acids is 2. The van der Waals surface area contributed by atoms with Crippen LogP contribution in [0.3, 0.4) is 0 Å². The molecule has 3 rings (SSSR count). The fourth-order valence-electron chi connectivity index (χ4n) is 2.81. The largest absolute Gasteiger partial charge is 0.480 e. The molecule has 0 saturated carbocycles. The summed E-state index contributed by atoms with van der Waals surface area (Å²) in [5.41, 5.74) is 3.30. The maximum Gasteiger partial charge on any atom is 0.325 e. The van der Waals surface area contributed by atoms with Crippen molar-refractivity contribution in [3.05, 3.63) is 51.9 Å². The molecule has 0 unspecified atom stereocenters. The number of rotatable bonds is 5. The highest BCUT2D eigenvalue weighted by molar-refractivity contribution is 7.14. The number of benzene rings is 1. The number of aryl methyl sites for hydroxylation is 2. The number of hydrogen-bond donors (Lipinski definition) is 3. The molecule has 3 N–H and O–H groups in total. The molecule has 1 aromatic carbocycles. The van der Waals surface area contributed by atoms with Gasteiger partial charge in [-0.2, -0.15) is 0 Å². The van der Waals surface area contributed by atoms with E-state index >= 15 is 0 Å². The summed E-state index contributed by atoms with van der Waals surface area (Å²) in [7, 11) is 0. The number of carboxylic acids is 1. The molecule has 0 radical (unpaired) electrons. The van der Waals surface area contributed by atoms with Gasteiger partial charge >= 0.3 is 5.97 Å². The molecule has 0 fully saturated rings. The van der Waals surface area contributed by atoms with Crippen LogP contribution >= 0.6 is 11.3 Å². The van der Waals surface area contributed by atoms with Crippen molar-refractivity contribution < 1.29 is 19.5 Å². The van der Waals surface area contributed by atoms with Crippen LogP contribution in [0, 0.1) is 0 Å². The van der Waals surface area contributed by atoms with Crippen LogP contribution in [0.25, 0.3) is 0 Å². The Morgan fingerprint density at radius 1 is 1.12 bits per heavy atom. The van der Waals surface area contributed by atoms with Crippen molar-refractivity contribution >= 4 is 34.1 Å². The monoisotopic (exact) mass is 358 g/mol. The minimum atomic E-state index is -1.12. The Bertz CT molecular complexity index is 843. The van der Waals surface area contributed by atoms with Crippen LogP contribution in [0.15, 0.2) is 29.6 Å². The number of thiophene rings is 1. The number of aliphatic carboxylic acids is 1. The summed E-state index contributed by atoms with van der Waals surface area (Å²) in [6.07, 6.45) is 3.14. The zero-order valence-corrected chi connectivity index (χ0v) is 14.5. The van der Waals surface area contributed by atoms with Crippen molar-refractivity contribution in [1.82, 2.24) is 5.32 Å².